The molecule has 5 fully saturated rings. The molecular weight excluding hydrogens is 388 g/mol. The quantitative estimate of drug-likeness (QED) is 0.555. The molecule has 0 bridgehead atoms. The van der Waals surface area contributed by atoms with Crippen LogP contribution in [0.25, 0.3) is 0 Å². The molecule has 5 heteroatoms. The zero-order valence-corrected chi connectivity index (χ0v) is 18.5. The Labute approximate surface area is 177 Å². The van der Waals surface area contributed by atoms with Crippen molar-refractivity contribution in [3.63, 3.8) is 0 Å². The van der Waals surface area contributed by atoms with Crippen LogP contribution in [-0.2, 0) is 14.3 Å². The smallest absolute Gasteiger partial charge is 0.174 e. The topological polar surface area (TPSA) is 35.5 Å². The molecule has 2 saturated heterocycles. The van der Waals surface area contributed by atoms with Gasteiger partial charge in [0.25, 0.3) is 0 Å². The van der Waals surface area contributed by atoms with Gasteiger partial charge in [-0.05, 0) is 56.3 Å². The predicted octanol–water partition coefficient (Wildman–Crippen LogP) is 5.05. The number of ketones is 1. The molecule has 3 nitrogen and oxygen atoms in total. The fourth-order valence-corrected chi connectivity index (χ4v) is 11.3. The van der Waals surface area contributed by atoms with Crippen LogP contribution >= 0.6 is 23.5 Å². The van der Waals surface area contributed by atoms with E-state index in [0.29, 0.717) is 47.3 Å². The summed E-state index contributed by atoms with van der Waals surface area (Å²) < 4.78 is 12.9. The van der Waals surface area contributed by atoms with Crippen LogP contribution in [0.3, 0.4) is 0 Å². The molecule has 5 atom stereocenters. The Morgan fingerprint density at radius 2 is 1.89 bits per heavy atom. The number of ether oxygens (including phenoxy) is 2. The number of allylic oxidation sites excluding steroid dienone is 1. The lowest BCUT2D eigenvalue weighted by molar-refractivity contribution is -0.244. The maximum Gasteiger partial charge on any atom is 0.174 e. The van der Waals surface area contributed by atoms with Crippen LogP contribution in [0.1, 0.15) is 58.3 Å². The third kappa shape index (κ3) is 2.37. The van der Waals surface area contributed by atoms with E-state index >= 15 is 0 Å². The summed E-state index contributed by atoms with van der Waals surface area (Å²) >= 11 is 4.30. The summed E-state index contributed by atoms with van der Waals surface area (Å²) in [6.07, 6.45) is 11.4. The minimum absolute atomic E-state index is 0.0734. The van der Waals surface area contributed by atoms with Crippen molar-refractivity contribution in [2.24, 2.45) is 29.1 Å². The molecule has 0 aromatic rings. The van der Waals surface area contributed by atoms with Crippen LogP contribution in [0.2, 0.25) is 0 Å². The van der Waals surface area contributed by atoms with Gasteiger partial charge in [0.2, 0.25) is 0 Å². The van der Waals surface area contributed by atoms with Gasteiger partial charge < -0.3 is 9.47 Å². The second kappa shape index (κ2) is 6.51. The Morgan fingerprint density at radius 1 is 1.11 bits per heavy atom. The average Bonchev–Trinajstić information content (AvgIpc) is 3.43. The fraction of sp³-hybridized carbons (Fsp3) is 0.870. The van der Waals surface area contributed by atoms with Crippen molar-refractivity contribution in [1.29, 1.82) is 0 Å². The number of fused-ring (bicyclic) bond motifs is 6. The number of carbonyl (C=O) groups is 1. The average molecular weight is 421 g/mol. The minimum Gasteiger partial charge on any atom is -0.347 e. The van der Waals surface area contributed by atoms with Crippen molar-refractivity contribution in [3.8, 4) is 0 Å². The Bertz CT molecular complexity index is 707. The first-order valence-corrected chi connectivity index (χ1v) is 13.4. The zero-order valence-electron chi connectivity index (χ0n) is 16.9. The summed E-state index contributed by atoms with van der Waals surface area (Å²) in [7, 11) is 0. The molecule has 154 valence electrons. The van der Waals surface area contributed by atoms with Gasteiger partial charge in [-0.25, -0.2) is 0 Å². The first kappa shape index (κ1) is 18.8. The number of Topliss-reactive ketones (excluding diaryl/α,β-unsaturated/α-hetero) is 1. The van der Waals surface area contributed by atoms with E-state index < -0.39 is 5.79 Å². The number of carbonyl (C=O) groups excluding carboxylic acids is 1. The molecule has 2 aliphatic heterocycles. The third-order valence-electron chi connectivity index (χ3n) is 9.14. The lowest BCUT2D eigenvalue weighted by Crippen LogP contribution is -2.57. The molecule has 0 radical (unpaired) electrons. The molecule has 3 saturated carbocycles. The van der Waals surface area contributed by atoms with Crippen molar-refractivity contribution in [2.45, 2.75) is 68.2 Å². The summed E-state index contributed by atoms with van der Waals surface area (Å²) in [5.74, 6) is 4.59. The maximum absolute atomic E-state index is 13.7. The van der Waals surface area contributed by atoms with Crippen molar-refractivity contribution < 1.29 is 14.3 Å². The third-order valence-corrected chi connectivity index (χ3v) is 12.5. The lowest BCUT2D eigenvalue weighted by atomic mass is 9.50. The normalized spacial score (nSPS) is 45.8. The monoisotopic (exact) mass is 420 g/mol. The van der Waals surface area contributed by atoms with Gasteiger partial charge in [0.05, 0.1) is 17.3 Å². The molecular formula is C23H32O3S2. The SMILES string of the molecule is CCC12CC(=O)C3C4CCC5(C=C4CCC3C1CCC21OCCO1)SCCS5. The molecule has 4 aliphatic carbocycles. The second-order valence-electron chi connectivity index (χ2n) is 9.85. The number of hydrogen-bond donors (Lipinski definition) is 0. The van der Waals surface area contributed by atoms with Gasteiger partial charge in [-0.1, -0.05) is 18.6 Å². The maximum atomic E-state index is 13.7. The van der Waals surface area contributed by atoms with Crippen LogP contribution in [0.15, 0.2) is 11.6 Å². The summed E-state index contributed by atoms with van der Waals surface area (Å²) in [6.45, 7) is 3.67. The second-order valence-corrected chi connectivity index (χ2v) is 13.0. The van der Waals surface area contributed by atoms with E-state index in [1.54, 1.807) is 5.57 Å². The van der Waals surface area contributed by atoms with Crippen molar-refractivity contribution in [1.82, 2.24) is 0 Å². The van der Waals surface area contributed by atoms with Gasteiger partial charge in [-0.15, -0.1) is 23.5 Å². The highest BCUT2D eigenvalue weighted by Gasteiger charge is 2.69. The van der Waals surface area contributed by atoms with E-state index in [-0.39, 0.29) is 11.3 Å². The van der Waals surface area contributed by atoms with Gasteiger partial charge in [0.1, 0.15) is 5.78 Å². The minimum atomic E-state index is -0.461. The van der Waals surface area contributed by atoms with Gasteiger partial charge in [-0.3, -0.25) is 4.79 Å². The molecule has 0 aromatic heterocycles. The molecule has 6 aliphatic rings. The van der Waals surface area contributed by atoms with E-state index in [4.69, 9.17) is 9.47 Å². The molecule has 0 amide bonds. The van der Waals surface area contributed by atoms with Crippen LogP contribution in [-0.4, -0.2) is 40.4 Å². The largest absolute Gasteiger partial charge is 0.347 e. The lowest BCUT2D eigenvalue weighted by Gasteiger charge is -2.56. The molecule has 2 spiro atoms. The highest BCUT2D eigenvalue weighted by Crippen LogP contribution is 2.68. The van der Waals surface area contributed by atoms with E-state index in [0.717, 1.165) is 12.8 Å². The number of rotatable bonds is 1. The van der Waals surface area contributed by atoms with E-state index in [1.165, 1.54) is 43.6 Å². The number of hydrogen-bond acceptors (Lipinski definition) is 5. The summed E-state index contributed by atoms with van der Waals surface area (Å²) in [4.78, 5) is 13.7. The van der Waals surface area contributed by atoms with Crippen LogP contribution in [0, 0.1) is 29.1 Å². The van der Waals surface area contributed by atoms with Crippen LogP contribution < -0.4 is 0 Å². The van der Waals surface area contributed by atoms with Crippen molar-refractivity contribution in [3.05, 3.63) is 11.6 Å². The Kier molecular flexibility index (Phi) is 4.37. The zero-order chi connectivity index (χ0) is 19.0. The fourth-order valence-electron chi connectivity index (χ4n) is 8.11. The van der Waals surface area contributed by atoms with Crippen LogP contribution in [0.4, 0.5) is 0 Å². The predicted molar refractivity (Wildman–Crippen MR) is 114 cm³/mol. The Hall–Kier alpha value is 0.0300. The molecule has 2 heterocycles. The van der Waals surface area contributed by atoms with Crippen LogP contribution in [0.5, 0.6) is 0 Å². The highest BCUT2D eigenvalue weighted by molar-refractivity contribution is 8.21. The first-order valence-electron chi connectivity index (χ1n) is 11.4. The van der Waals surface area contributed by atoms with Gasteiger partial charge >= 0.3 is 0 Å². The van der Waals surface area contributed by atoms with Crippen molar-refractivity contribution in [2.75, 3.05) is 24.7 Å². The number of thioether (sulfide) groups is 2. The molecule has 28 heavy (non-hydrogen) atoms. The standard InChI is InChI=1S/C23H32O3S2/c1-2-21-14-19(24)20-16-5-7-22(27-11-12-28-22)13-15(16)3-4-17(20)18(21)6-8-23(21)25-9-10-26-23/h13,16-18,20H,2-12,14H2,1H3. The van der Waals surface area contributed by atoms with Crippen molar-refractivity contribution >= 4 is 29.3 Å². The molecule has 0 aromatic carbocycles. The Morgan fingerprint density at radius 3 is 2.64 bits per heavy atom. The summed E-state index contributed by atoms with van der Waals surface area (Å²) in [6, 6.07) is 0. The van der Waals surface area contributed by atoms with Gasteiger partial charge in [0, 0.05) is 35.7 Å². The highest BCUT2D eigenvalue weighted by atomic mass is 32.2. The van der Waals surface area contributed by atoms with Gasteiger partial charge in [0.15, 0.2) is 5.79 Å². The Balaban J connectivity index is 1.34. The van der Waals surface area contributed by atoms with E-state index in [9.17, 15) is 4.79 Å². The van der Waals surface area contributed by atoms with E-state index in [1.807, 2.05) is 0 Å². The molecule has 5 unspecified atom stereocenters. The first-order chi connectivity index (χ1) is 13.6. The molecule has 6 rings (SSSR count). The summed E-state index contributed by atoms with van der Waals surface area (Å²) in [5.41, 5.74) is 1.56. The summed E-state index contributed by atoms with van der Waals surface area (Å²) in [5, 5.41) is 0. The van der Waals surface area contributed by atoms with Gasteiger partial charge in [-0.2, -0.15) is 0 Å². The van der Waals surface area contributed by atoms with E-state index in [2.05, 4.69) is 36.5 Å². The molecule has 0 N–H and O–H groups in total.